The van der Waals surface area contributed by atoms with E-state index in [-0.39, 0.29) is 5.82 Å². The first kappa shape index (κ1) is 14.8. The summed E-state index contributed by atoms with van der Waals surface area (Å²) in [7, 11) is 2.28. The molecular weight excluding hydrogens is 265 g/mol. The Morgan fingerprint density at radius 1 is 1.19 bits per heavy atom. The Morgan fingerprint density at radius 3 is 2.81 bits per heavy atom. The molecule has 0 amide bonds. The summed E-state index contributed by atoms with van der Waals surface area (Å²) in [5.41, 5.74) is 1.00. The SMILES string of the molecule is CN1CCCC2CN(CCNc3ccc(F)cc3)CCC21. The number of anilines is 1. The summed E-state index contributed by atoms with van der Waals surface area (Å²) in [6.07, 6.45) is 4.04. The minimum atomic E-state index is -0.177. The molecule has 2 heterocycles. The normalized spacial score (nSPS) is 27.3. The monoisotopic (exact) mass is 291 g/mol. The third kappa shape index (κ3) is 3.74. The van der Waals surface area contributed by atoms with Crippen LogP contribution in [-0.4, -0.2) is 55.6 Å². The zero-order valence-corrected chi connectivity index (χ0v) is 12.9. The number of rotatable bonds is 4. The lowest BCUT2D eigenvalue weighted by atomic mass is 9.84. The number of nitrogens with zero attached hydrogens (tertiary/aromatic N) is 2. The van der Waals surface area contributed by atoms with Crippen LogP contribution in [0.5, 0.6) is 0 Å². The van der Waals surface area contributed by atoms with E-state index in [1.807, 2.05) is 0 Å². The van der Waals surface area contributed by atoms with Crippen LogP contribution in [0.15, 0.2) is 24.3 Å². The van der Waals surface area contributed by atoms with E-state index in [9.17, 15) is 4.39 Å². The van der Waals surface area contributed by atoms with Crippen molar-refractivity contribution in [3.8, 4) is 0 Å². The van der Waals surface area contributed by atoms with Crippen LogP contribution in [0.1, 0.15) is 19.3 Å². The molecular formula is C17H26FN3. The van der Waals surface area contributed by atoms with Gasteiger partial charge in [0.05, 0.1) is 0 Å². The quantitative estimate of drug-likeness (QED) is 0.920. The maximum atomic E-state index is 12.8. The predicted molar refractivity (Wildman–Crippen MR) is 85.1 cm³/mol. The fourth-order valence-electron chi connectivity index (χ4n) is 3.86. The fourth-order valence-corrected chi connectivity index (χ4v) is 3.86. The number of nitrogens with one attached hydrogen (secondary N) is 1. The minimum Gasteiger partial charge on any atom is -0.384 e. The van der Waals surface area contributed by atoms with Crippen molar-refractivity contribution >= 4 is 5.69 Å². The first-order valence-electron chi connectivity index (χ1n) is 8.14. The van der Waals surface area contributed by atoms with Gasteiger partial charge < -0.3 is 15.1 Å². The summed E-state index contributed by atoms with van der Waals surface area (Å²) in [6.45, 7) is 5.72. The molecule has 2 aliphatic rings. The molecule has 3 nitrogen and oxygen atoms in total. The van der Waals surface area contributed by atoms with E-state index >= 15 is 0 Å². The Hall–Kier alpha value is -1.13. The average molecular weight is 291 g/mol. The number of fused-ring (bicyclic) bond motifs is 1. The van der Waals surface area contributed by atoms with Gasteiger partial charge in [-0.3, -0.25) is 0 Å². The Labute approximate surface area is 127 Å². The number of likely N-dealkylation sites (tertiary alicyclic amines) is 2. The van der Waals surface area contributed by atoms with Crippen LogP contribution in [0.4, 0.5) is 10.1 Å². The maximum Gasteiger partial charge on any atom is 0.123 e. The van der Waals surface area contributed by atoms with Crippen LogP contribution in [-0.2, 0) is 0 Å². The Kier molecular flexibility index (Phi) is 4.76. The lowest BCUT2D eigenvalue weighted by Crippen LogP contribution is -2.53. The smallest absolute Gasteiger partial charge is 0.123 e. The first-order chi connectivity index (χ1) is 10.2. The van der Waals surface area contributed by atoms with E-state index in [4.69, 9.17) is 0 Å². The highest BCUT2D eigenvalue weighted by molar-refractivity contribution is 5.42. The second kappa shape index (κ2) is 6.75. The highest BCUT2D eigenvalue weighted by Crippen LogP contribution is 2.29. The van der Waals surface area contributed by atoms with Gasteiger partial charge >= 0.3 is 0 Å². The van der Waals surface area contributed by atoms with Gasteiger partial charge in [-0.05, 0) is 69.6 Å². The minimum absolute atomic E-state index is 0.177. The van der Waals surface area contributed by atoms with Crippen molar-refractivity contribution in [3.05, 3.63) is 30.1 Å². The summed E-state index contributed by atoms with van der Waals surface area (Å²) in [4.78, 5) is 5.14. The van der Waals surface area contributed by atoms with Gasteiger partial charge in [-0.15, -0.1) is 0 Å². The molecule has 1 aromatic carbocycles. The van der Waals surface area contributed by atoms with Crippen molar-refractivity contribution in [2.45, 2.75) is 25.3 Å². The van der Waals surface area contributed by atoms with E-state index < -0.39 is 0 Å². The molecule has 2 fully saturated rings. The largest absolute Gasteiger partial charge is 0.384 e. The Balaban J connectivity index is 1.43. The van der Waals surface area contributed by atoms with Gasteiger partial charge in [-0.1, -0.05) is 0 Å². The highest BCUT2D eigenvalue weighted by Gasteiger charge is 2.33. The van der Waals surface area contributed by atoms with E-state index in [1.165, 1.54) is 51.0 Å². The number of hydrogen-bond donors (Lipinski definition) is 1. The molecule has 0 saturated carbocycles. The van der Waals surface area contributed by atoms with E-state index in [0.717, 1.165) is 30.7 Å². The van der Waals surface area contributed by atoms with Gasteiger partial charge in [0.1, 0.15) is 5.82 Å². The van der Waals surface area contributed by atoms with Gasteiger partial charge in [-0.25, -0.2) is 4.39 Å². The van der Waals surface area contributed by atoms with Crippen molar-refractivity contribution in [2.24, 2.45) is 5.92 Å². The first-order valence-corrected chi connectivity index (χ1v) is 8.14. The molecule has 116 valence electrons. The van der Waals surface area contributed by atoms with Crippen molar-refractivity contribution in [1.82, 2.24) is 9.80 Å². The van der Waals surface area contributed by atoms with Crippen molar-refractivity contribution in [2.75, 3.05) is 45.1 Å². The maximum absolute atomic E-state index is 12.8. The summed E-state index contributed by atoms with van der Waals surface area (Å²) in [5.74, 6) is 0.673. The van der Waals surface area contributed by atoms with Gasteiger partial charge in [0, 0.05) is 31.4 Å². The summed E-state index contributed by atoms with van der Waals surface area (Å²) in [5, 5.41) is 3.38. The molecule has 2 saturated heterocycles. The zero-order valence-electron chi connectivity index (χ0n) is 12.9. The van der Waals surface area contributed by atoms with Gasteiger partial charge in [0.25, 0.3) is 0 Å². The highest BCUT2D eigenvalue weighted by atomic mass is 19.1. The predicted octanol–water partition coefficient (Wildman–Crippen LogP) is 2.65. The molecule has 0 spiro atoms. The molecule has 0 bridgehead atoms. The number of benzene rings is 1. The van der Waals surface area contributed by atoms with Crippen LogP contribution in [0.25, 0.3) is 0 Å². The zero-order chi connectivity index (χ0) is 14.7. The van der Waals surface area contributed by atoms with Gasteiger partial charge in [-0.2, -0.15) is 0 Å². The van der Waals surface area contributed by atoms with E-state index in [2.05, 4.69) is 22.2 Å². The summed E-state index contributed by atoms with van der Waals surface area (Å²) < 4.78 is 12.8. The molecule has 4 heteroatoms. The van der Waals surface area contributed by atoms with Gasteiger partial charge in [0.2, 0.25) is 0 Å². The molecule has 0 radical (unpaired) electrons. The average Bonchev–Trinajstić information content (AvgIpc) is 2.49. The number of halogens is 1. The lowest BCUT2D eigenvalue weighted by Gasteiger charge is -2.46. The van der Waals surface area contributed by atoms with Crippen LogP contribution < -0.4 is 5.32 Å². The molecule has 2 unspecified atom stereocenters. The Bertz CT molecular complexity index is 448. The molecule has 21 heavy (non-hydrogen) atoms. The molecule has 1 aromatic rings. The molecule has 0 aromatic heterocycles. The second-order valence-electron chi connectivity index (χ2n) is 6.47. The summed E-state index contributed by atoms with van der Waals surface area (Å²) >= 11 is 0. The van der Waals surface area contributed by atoms with Crippen molar-refractivity contribution in [1.29, 1.82) is 0 Å². The molecule has 0 aliphatic carbocycles. The standard InChI is InChI=1S/C17H26FN3/c1-20-10-2-3-14-13-21(11-8-17(14)20)12-9-19-16-6-4-15(18)5-7-16/h4-7,14,17,19H,2-3,8-13H2,1H3. The van der Waals surface area contributed by atoms with E-state index in [0.29, 0.717) is 0 Å². The van der Waals surface area contributed by atoms with Crippen molar-refractivity contribution in [3.63, 3.8) is 0 Å². The number of piperidine rings is 2. The molecule has 2 atom stereocenters. The molecule has 1 N–H and O–H groups in total. The lowest BCUT2D eigenvalue weighted by molar-refractivity contribution is 0.0403. The van der Waals surface area contributed by atoms with Crippen molar-refractivity contribution < 1.29 is 4.39 Å². The van der Waals surface area contributed by atoms with Crippen LogP contribution in [0, 0.1) is 11.7 Å². The van der Waals surface area contributed by atoms with E-state index in [1.54, 1.807) is 12.1 Å². The number of hydrogen-bond acceptors (Lipinski definition) is 3. The molecule has 3 rings (SSSR count). The van der Waals surface area contributed by atoms with Crippen LogP contribution in [0.3, 0.4) is 0 Å². The molecule has 2 aliphatic heterocycles. The second-order valence-corrected chi connectivity index (χ2v) is 6.47. The fraction of sp³-hybridized carbons (Fsp3) is 0.647. The third-order valence-electron chi connectivity index (χ3n) is 5.03. The third-order valence-corrected chi connectivity index (χ3v) is 5.03. The topological polar surface area (TPSA) is 18.5 Å². The van der Waals surface area contributed by atoms with Crippen LogP contribution in [0.2, 0.25) is 0 Å². The van der Waals surface area contributed by atoms with Crippen LogP contribution >= 0.6 is 0 Å². The summed E-state index contributed by atoms with van der Waals surface area (Å²) in [6, 6.07) is 7.42. The Morgan fingerprint density at radius 2 is 2.00 bits per heavy atom. The van der Waals surface area contributed by atoms with Gasteiger partial charge in [0.15, 0.2) is 0 Å².